The Morgan fingerprint density at radius 1 is 0.917 bits per heavy atom. The highest BCUT2D eigenvalue weighted by Gasteiger charge is 2.06. The van der Waals surface area contributed by atoms with Crippen LogP contribution in [0.25, 0.3) is 12.2 Å². The second-order valence-electron chi connectivity index (χ2n) is 5.79. The van der Waals surface area contributed by atoms with Crippen molar-refractivity contribution in [1.29, 1.82) is 0 Å². The molecule has 0 radical (unpaired) electrons. The van der Waals surface area contributed by atoms with Gasteiger partial charge in [-0.25, -0.2) is 0 Å². The molecule has 1 N–H and O–H groups in total. The number of anilines is 1. The molecule has 3 nitrogen and oxygen atoms in total. The molecule has 0 aliphatic rings. The Labute approximate surface area is 145 Å². The van der Waals surface area contributed by atoms with Crippen molar-refractivity contribution in [1.82, 2.24) is 0 Å². The number of hydrogen-bond acceptors (Lipinski definition) is 3. The Hall–Kier alpha value is -2.42. The molecule has 0 amide bonds. The van der Waals surface area contributed by atoms with Gasteiger partial charge in [0.05, 0.1) is 14.2 Å². The lowest BCUT2D eigenvalue weighted by molar-refractivity contribution is 0.388. The van der Waals surface area contributed by atoms with Gasteiger partial charge in [-0.2, -0.15) is 0 Å². The first kappa shape index (κ1) is 17.9. The van der Waals surface area contributed by atoms with E-state index in [9.17, 15) is 0 Å². The van der Waals surface area contributed by atoms with Crippen LogP contribution < -0.4 is 14.8 Å². The molecule has 0 aromatic heterocycles. The third-order valence-corrected chi connectivity index (χ3v) is 4.01. The zero-order chi connectivity index (χ0) is 17.4. The molecule has 0 fully saturated rings. The molecule has 2 aromatic rings. The van der Waals surface area contributed by atoms with E-state index in [0.717, 1.165) is 34.7 Å². The molecule has 0 saturated heterocycles. The maximum atomic E-state index is 5.42. The minimum atomic E-state index is 0.837. The second kappa shape index (κ2) is 9.02. The maximum absolute atomic E-state index is 5.42. The van der Waals surface area contributed by atoms with Crippen LogP contribution in [0.4, 0.5) is 5.69 Å². The Bertz CT molecular complexity index is 650. The summed E-state index contributed by atoms with van der Waals surface area (Å²) in [6.45, 7) is 5.22. The van der Waals surface area contributed by atoms with Crippen LogP contribution in [-0.2, 0) is 0 Å². The van der Waals surface area contributed by atoms with Gasteiger partial charge in [0.25, 0.3) is 0 Å². The molecular formula is C21H27NO2. The zero-order valence-electron chi connectivity index (χ0n) is 15.1. The van der Waals surface area contributed by atoms with Gasteiger partial charge in [0, 0.05) is 17.8 Å². The van der Waals surface area contributed by atoms with E-state index in [2.05, 4.69) is 48.7 Å². The topological polar surface area (TPSA) is 30.5 Å². The van der Waals surface area contributed by atoms with Crippen molar-refractivity contribution in [2.24, 2.45) is 0 Å². The summed E-state index contributed by atoms with van der Waals surface area (Å²) in [5, 5.41) is 3.43. The van der Waals surface area contributed by atoms with Gasteiger partial charge in [0.15, 0.2) is 0 Å². The van der Waals surface area contributed by atoms with E-state index >= 15 is 0 Å². The number of nitrogens with one attached hydrogen (secondary N) is 1. The van der Waals surface area contributed by atoms with E-state index in [1.54, 1.807) is 14.2 Å². The Balaban J connectivity index is 2.10. The van der Waals surface area contributed by atoms with E-state index in [-0.39, 0.29) is 0 Å². The monoisotopic (exact) mass is 325 g/mol. The molecular weight excluding hydrogens is 298 g/mol. The number of methoxy groups -OCH3 is 2. The molecule has 0 aliphatic carbocycles. The highest BCUT2D eigenvalue weighted by Crippen LogP contribution is 2.30. The van der Waals surface area contributed by atoms with Crippen molar-refractivity contribution in [2.75, 3.05) is 26.1 Å². The minimum absolute atomic E-state index is 0.837. The third-order valence-electron chi connectivity index (χ3n) is 4.01. The molecule has 0 unspecified atom stereocenters. The van der Waals surface area contributed by atoms with Crippen molar-refractivity contribution in [3.63, 3.8) is 0 Å². The first-order valence-corrected chi connectivity index (χ1v) is 8.42. The van der Waals surface area contributed by atoms with Crippen LogP contribution in [0.1, 0.15) is 36.5 Å². The van der Waals surface area contributed by atoms with Crippen LogP contribution in [0, 0.1) is 6.92 Å². The van der Waals surface area contributed by atoms with Gasteiger partial charge >= 0.3 is 0 Å². The summed E-state index contributed by atoms with van der Waals surface area (Å²) in [6.07, 6.45) is 6.57. The fourth-order valence-corrected chi connectivity index (χ4v) is 2.52. The minimum Gasteiger partial charge on any atom is -0.496 e. The molecule has 0 heterocycles. The average Bonchev–Trinajstić information content (AvgIpc) is 2.62. The molecule has 0 saturated carbocycles. The van der Waals surface area contributed by atoms with Gasteiger partial charge in [-0.05, 0) is 48.7 Å². The lowest BCUT2D eigenvalue weighted by atomic mass is 10.1. The van der Waals surface area contributed by atoms with Crippen LogP contribution in [0.15, 0.2) is 36.4 Å². The molecule has 0 spiro atoms. The average molecular weight is 325 g/mol. The predicted octanol–water partition coefficient (Wildman–Crippen LogP) is 5.39. The van der Waals surface area contributed by atoms with Gasteiger partial charge in [-0.3, -0.25) is 0 Å². The third kappa shape index (κ3) is 4.79. The van der Waals surface area contributed by atoms with Gasteiger partial charge in [0.2, 0.25) is 0 Å². The first-order chi connectivity index (χ1) is 11.7. The van der Waals surface area contributed by atoms with E-state index in [1.807, 2.05) is 19.1 Å². The molecule has 0 bridgehead atoms. The zero-order valence-corrected chi connectivity index (χ0v) is 15.1. The molecule has 24 heavy (non-hydrogen) atoms. The largest absolute Gasteiger partial charge is 0.496 e. The number of benzene rings is 2. The highest BCUT2D eigenvalue weighted by atomic mass is 16.5. The standard InChI is InChI=1S/C21H27NO2/c1-5-6-13-22-19-11-9-17(10-12-19)7-8-18-14-20(23-3)16(2)21(15-18)24-4/h7-12,14-15,22H,5-6,13H2,1-4H3/b8-7+. The van der Waals surface area contributed by atoms with E-state index in [0.29, 0.717) is 0 Å². The smallest absolute Gasteiger partial charge is 0.126 e. The van der Waals surface area contributed by atoms with Gasteiger partial charge < -0.3 is 14.8 Å². The van der Waals surface area contributed by atoms with Gasteiger partial charge in [-0.15, -0.1) is 0 Å². The Morgan fingerprint density at radius 2 is 1.50 bits per heavy atom. The molecule has 2 aromatic carbocycles. The summed E-state index contributed by atoms with van der Waals surface area (Å²) in [4.78, 5) is 0. The summed E-state index contributed by atoms with van der Waals surface area (Å²) in [6, 6.07) is 12.5. The predicted molar refractivity (Wildman–Crippen MR) is 103 cm³/mol. The van der Waals surface area contributed by atoms with E-state index < -0.39 is 0 Å². The molecule has 128 valence electrons. The summed E-state index contributed by atoms with van der Waals surface area (Å²) in [5.41, 5.74) is 4.40. The quantitative estimate of drug-likeness (QED) is 0.521. The number of ether oxygens (including phenoxy) is 2. The van der Waals surface area contributed by atoms with E-state index in [1.165, 1.54) is 18.5 Å². The highest BCUT2D eigenvalue weighted by molar-refractivity contribution is 5.72. The fraction of sp³-hybridized carbons (Fsp3) is 0.333. The van der Waals surface area contributed by atoms with Gasteiger partial charge in [-0.1, -0.05) is 37.6 Å². The van der Waals surface area contributed by atoms with Crippen LogP contribution in [0.5, 0.6) is 11.5 Å². The summed E-state index contributed by atoms with van der Waals surface area (Å²) < 4.78 is 10.8. The van der Waals surface area contributed by atoms with Crippen LogP contribution in [-0.4, -0.2) is 20.8 Å². The van der Waals surface area contributed by atoms with Crippen molar-refractivity contribution < 1.29 is 9.47 Å². The fourth-order valence-electron chi connectivity index (χ4n) is 2.52. The normalized spacial score (nSPS) is 10.8. The van der Waals surface area contributed by atoms with Crippen LogP contribution >= 0.6 is 0 Å². The lowest BCUT2D eigenvalue weighted by Gasteiger charge is -2.11. The molecule has 0 atom stereocenters. The number of hydrogen-bond donors (Lipinski definition) is 1. The van der Waals surface area contributed by atoms with Gasteiger partial charge in [0.1, 0.15) is 11.5 Å². The SMILES string of the molecule is CCCCNc1ccc(/C=C/c2cc(OC)c(C)c(OC)c2)cc1. The van der Waals surface area contributed by atoms with Crippen molar-refractivity contribution in [3.8, 4) is 11.5 Å². The number of unbranched alkanes of at least 4 members (excludes halogenated alkanes) is 1. The second-order valence-corrected chi connectivity index (χ2v) is 5.79. The Kier molecular flexibility index (Phi) is 6.74. The molecule has 2 rings (SSSR count). The van der Waals surface area contributed by atoms with Crippen molar-refractivity contribution >= 4 is 17.8 Å². The Morgan fingerprint density at radius 3 is 2.04 bits per heavy atom. The first-order valence-electron chi connectivity index (χ1n) is 8.42. The molecule has 0 aliphatic heterocycles. The van der Waals surface area contributed by atoms with Crippen molar-refractivity contribution in [2.45, 2.75) is 26.7 Å². The van der Waals surface area contributed by atoms with Crippen LogP contribution in [0.2, 0.25) is 0 Å². The lowest BCUT2D eigenvalue weighted by Crippen LogP contribution is -2.00. The summed E-state index contributed by atoms with van der Waals surface area (Å²) >= 11 is 0. The van der Waals surface area contributed by atoms with Crippen molar-refractivity contribution in [3.05, 3.63) is 53.1 Å². The van der Waals surface area contributed by atoms with Crippen LogP contribution in [0.3, 0.4) is 0 Å². The van der Waals surface area contributed by atoms with E-state index in [4.69, 9.17) is 9.47 Å². The summed E-state index contributed by atoms with van der Waals surface area (Å²) in [7, 11) is 3.36. The number of rotatable bonds is 8. The molecule has 3 heteroatoms. The summed E-state index contributed by atoms with van der Waals surface area (Å²) in [5.74, 6) is 1.67. The maximum Gasteiger partial charge on any atom is 0.126 e.